The highest BCUT2D eigenvalue weighted by molar-refractivity contribution is 7.90. The molecule has 3 rings (SSSR count). The van der Waals surface area contributed by atoms with E-state index in [0.717, 1.165) is 11.8 Å². The first-order chi connectivity index (χ1) is 13.5. The Morgan fingerprint density at radius 1 is 0.862 bits per heavy atom. The molecule has 29 heavy (non-hydrogen) atoms. The maximum absolute atomic E-state index is 12.8. The average molecular weight is 437 g/mol. The normalized spacial score (nSPS) is 16.0. The first-order valence-corrected chi connectivity index (χ1v) is 12.5. The molecule has 1 fully saturated rings. The Balaban J connectivity index is 1.74. The molecule has 2 aromatic rings. The summed E-state index contributed by atoms with van der Waals surface area (Å²) in [6, 6.07) is 11.3. The number of sulfonamides is 1. The second-order valence-corrected chi connectivity index (χ2v) is 11.2. The van der Waals surface area contributed by atoms with Crippen molar-refractivity contribution in [3.05, 3.63) is 59.2 Å². The summed E-state index contributed by atoms with van der Waals surface area (Å²) in [6.45, 7) is 4.43. The molecule has 0 aromatic heterocycles. The van der Waals surface area contributed by atoms with Gasteiger partial charge in [-0.15, -0.1) is 0 Å². The van der Waals surface area contributed by atoms with Crippen LogP contribution in [-0.2, 0) is 19.9 Å². The molecule has 0 radical (unpaired) electrons. The first-order valence-electron chi connectivity index (χ1n) is 9.17. The molecular formula is C20H24N2O5S2. The van der Waals surface area contributed by atoms with E-state index in [1.807, 2.05) is 6.92 Å². The molecule has 2 aromatic carbocycles. The molecule has 0 N–H and O–H groups in total. The molecule has 0 saturated carbocycles. The van der Waals surface area contributed by atoms with Crippen LogP contribution in [0.2, 0.25) is 0 Å². The quantitative estimate of drug-likeness (QED) is 0.729. The number of sulfone groups is 1. The molecule has 9 heteroatoms. The van der Waals surface area contributed by atoms with Crippen molar-refractivity contribution in [2.45, 2.75) is 23.6 Å². The van der Waals surface area contributed by atoms with E-state index in [1.165, 1.54) is 10.4 Å². The van der Waals surface area contributed by atoms with Crippen LogP contribution >= 0.6 is 0 Å². The van der Waals surface area contributed by atoms with Gasteiger partial charge in [-0.25, -0.2) is 16.8 Å². The predicted octanol–water partition coefficient (Wildman–Crippen LogP) is 1.85. The molecule has 0 unspecified atom stereocenters. The van der Waals surface area contributed by atoms with Crippen molar-refractivity contribution in [2.24, 2.45) is 0 Å². The van der Waals surface area contributed by atoms with Crippen LogP contribution in [0.5, 0.6) is 0 Å². The smallest absolute Gasteiger partial charge is 0.253 e. The largest absolute Gasteiger partial charge is 0.336 e. The lowest BCUT2D eigenvalue weighted by molar-refractivity contribution is 0.0697. The predicted molar refractivity (Wildman–Crippen MR) is 110 cm³/mol. The van der Waals surface area contributed by atoms with E-state index in [9.17, 15) is 21.6 Å². The fraction of sp³-hybridized carbons (Fsp3) is 0.350. The van der Waals surface area contributed by atoms with Gasteiger partial charge < -0.3 is 4.90 Å². The second kappa shape index (κ2) is 7.89. The van der Waals surface area contributed by atoms with Gasteiger partial charge >= 0.3 is 0 Å². The first kappa shape index (κ1) is 21.5. The minimum atomic E-state index is -3.61. The lowest BCUT2D eigenvalue weighted by Gasteiger charge is -2.34. The van der Waals surface area contributed by atoms with E-state index in [0.29, 0.717) is 5.56 Å². The molecule has 156 valence electrons. The summed E-state index contributed by atoms with van der Waals surface area (Å²) in [6.07, 6.45) is 1.11. The number of piperazine rings is 1. The maximum atomic E-state index is 12.8. The minimum absolute atomic E-state index is 0.129. The van der Waals surface area contributed by atoms with Crippen LogP contribution < -0.4 is 0 Å². The Labute approximate surface area is 171 Å². The van der Waals surface area contributed by atoms with Gasteiger partial charge in [0.1, 0.15) is 0 Å². The third-order valence-corrected chi connectivity index (χ3v) is 8.17. The minimum Gasteiger partial charge on any atom is -0.336 e. The molecule has 0 spiro atoms. The van der Waals surface area contributed by atoms with Crippen LogP contribution in [0.15, 0.2) is 52.3 Å². The molecule has 0 aliphatic carbocycles. The third kappa shape index (κ3) is 4.52. The standard InChI is InChI=1S/C20H24N2O5S2/c1-15-4-8-18(9-5-15)29(26,27)22-12-10-21(11-13-22)20(23)17-7-6-16(2)19(14-17)28(3,24)25/h4-9,14H,10-13H2,1-3H3. The highest BCUT2D eigenvalue weighted by Gasteiger charge is 2.30. The molecule has 1 aliphatic rings. The Bertz CT molecular complexity index is 1130. The van der Waals surface area contributed by atoms with Crippen molar-refractivity contribution in [3.63, 3.8) is 0 Å². The monoisotopic (exact) mass is 436 g/mol. The fourth-order valence-corrected chi connectivity index (χ4v) is 5.72. The van der Waals surface area contributed by atoms with Gasteiger partial charge in [0.2, 0.25) is 10.0 Å². The third-order valence-electron chi connectivity index (χ3n) is 5.02. The molecule has 1 heterocycles. The Morgan fingerprint density at radius 2 is 1.45 bits per heavy atom. The summed E-state index contributed by atoms with van der Waals surface area (Å²) in [5.41, 5.74) is 1.84. The van der Waals surface area contributed by atoms with Crippen LogP contribution in [0.4, 0.5) is 0 Å². The number of nitrogens with zero attached hydrogens (tertiary/aromatic N) is 2. The van der Waals surface area contributed by atoms with E-state index in [4.69, 9.17) is 0 Å². The van der Waals surface area contributed by atoms with Crippen LogP contribution in [0.1, 0.15) is 21.5 Å². The SMILES string of the molecule is Cc1ccc(S(=O)(=O)N2CCN(C(=O)c3ccc(C)c(S(C)(=O)=O)c3)CC2)cc1. The highest BCUT2D eigenvalue weighted by Crippen LogP contribution is 2.21. The van der Waals surface area contributed by atoms with Gasteiger partial charge in [0.25, 0.3) is 5.91 Å². The van der Waals surface area contributed by atoms with Crippen LogP contribution in [-0.4, -0.2) is 64.4 Å². The summed E-state index contributed by atoms with van der Waals surface area (Å²) in [7, 11) is -7.05. The van der Waals surface area contributed by atoms with Gasteiger partial charge in [-0.2, -0.15) is 4.31 Å². The van der Waals surface area contributed by atoms with Crippen molar-refractivity contribution >= 4 is 25.8 Å². The van der Waals surface area contributed by atoms with Gasteiger partial charge in [-0.1, -0.05) is 23.8 Å². The number of rotatable bonds is 4. The molecule has 0 bridgehead atoms. The number of carbonyl (C=O) groups is 1. The molecule has 1 amide bonds. The van der Waals surface area contributed by atoms with Gasteiger partial charge in [-0.05, 0) is 43.7 Å². The molecule has 1 aliphatic heterocycles. The lowest BCUT2D eigenvalue weighted by atomic mass is 10.1. The summed E-state index contributed by atoms with van der Waals surface area (Å²) < 4.78 is 50.8. The van der Waals surface area contributed by atoms with Crippen molar-refractivity contribution in [3.8, 4) is 0 Å². The summed E-state index contributed by atoms with van der Waals surface area (Å²) in [5, 5.41) is 0. The van der Waals surface area contributed by atoms with Crippen molar-refractivity contribution in [1.82, 2.24) is 9.21 Å². The summed E-state index contributed by atoms with van der Waals surface area (Å²) in [5.74, 6) is -0.303. The number of carbonyl (C=O) groups excluding carboxylic acids is 1. The van der Waals surface area contributed by atoms with Gasteiger partial charge in [0.05, 0.1) is 9.79 Å². The Kier molecular flexibility index (Phi) is 5.84. The number of hydrogen-bond acceptors (Lipinski definition) is 5. The van der Waals surface area contributed by atoms with Crippen molar-refractivity contribution < 1.29 is 21.6 Å². The van der Waals surface area contributed by atoms with Crippen molar-refractivity contribution in [2.75, 3.05) is 32.4 Å². The zero-order valence-corrected chi connectivity index (χ0v) is 18.3. The van der Waals surface area contributed by atoms with Crippen LogP contribution in [0, 0.1) is 13.8 Å². The maximum Gasteiger partial charge on any atom is 0.253 e. The van der Waals surface area contributed by atoms with Crippen molar-refractivity contribution in [1.29, 1.82) is 0 Å². The topological polar surface area (TPSA) is 91.8 Å². The summed E-state index contributed by atoms with van der Waals surface area (Å²) in [4.78, 5) is 14.7. The molecule has 7 nitrogen and oxygen atoms in total. The number of amides is 1. The average Bonchev–Trinajstić information content (AvgIpc) is 2.67. The van der Waals surface area contributed by atoms with E-state index in [1.54, 1.807) is 48.2 Å². The van der Waals surface area contributed by atoms with E-state index in [-0.39, 0.29) is 47.4 Å². The van der Waals surface area contributed by atoms with Gasteiger partial charge in [0.15, 0.2) is 9.84 Å². The molecule has 0 atom stereocenters. The Hall–Kier alpha value is -2.23. The van der Waals surface area contributed by atoms with Crippen LogP contribution in [0.25, 0.3) is 0 Å². The number of aryl methyl sites for hydroxylation is 2. The van der Waals surface area contributed by atoms with E-state index < -0.39 is 19.9 Å². The van der Waals surface area contributed by atoms with E-state index >= 15 is 0 Å². The Morgan fingerprint density at radius 3 is 2.00 bits per heavy atom. The highest BCUT2D eigenvalue weighted by atomic mass is 32.2. The zero-order chi connectivity index (χ0) is 21.4. The van der Waals surface area contributed by atoms with Gasteiger partial charge in [-0.3, -0.25) is 4.79 Å². The number of benzene rings is 2. The van der Waals surface area contributed by atoms with Crippen LogP contribution in [0.3, 0.4) is 0 Å². The second-order valence-electron chi connectivity index (χ2n) is 7.26. The number of hydrogen-bond donors (Lipinski definition) is 0. The van der Waals surface area contributed by atoms with Gasteiger partial charge in [0, 0.05) is 38.0 Å². The lowest BCUT2D eigenvalue weighted by Crippen LogP contribution is -2.50. The van der Waals surface area contributed by atoms with E-state index in [2.05, 4.69) is 0 Å². The fourth-order valence-electron chi connectivity index (χ4n) is 3.31. The molecular weight excluding hydrogens is 412 g/mol. The zero-order valence-electron chi connectivity index (χ0n) is 16.6. The summed E-state index contributed by atoms with van der Waals surface area (Å²) >= 11 is 0. The molecule has 1 saturated heterocycles.